The van der Waals surface area contributed by atoms with E-state index in [0.29, 0.717) is 6.54 Å². The number of benzene rings is 1. The Morgan fingerprint density at radius 1 is 1.42 bits per heavy atom. The second-order valence-corrected chi connectivity index (χ2v) is 6.34. The zero-order valence-electron chi connectivity index (χ0n) is 11.7. The summed E-state index contributed by atoms with van der Waals surface area (Å²) in [6.07, 6.45) is 0. The van der Waals surface area contributed by atoms with Gasteiger partial charge >= 0.3 is 0 Å². The summed E-state index contributed by atoms with van der Waals surface area (Å²) >= 11 is 1.62. The molecule has 19 heavy (non-hydrogen) atoms. The second-order valence-electron chi connectivity index (χ2n) is 5.31. The quantitative estimate of drug-likeness (QED) is 0.903. The third-order valence-corrected chi connectivity index (χ3v) is 4.04. The van der Waals surface area contributed by atoms with Crippen molar-refractivity contribution in [3.05, 3.63) is 23.8 Å². The molecule has 1 aromatic heterocycles. The minimum atomic E-state index is -0.456. The number of carbonyl (C=O) groups excluding carboxylic acids is 1. The minimum absolute atomic E-state index is 0.0250. The van der Waals surface area contributed by atoms with Gasteiger partial charge in [-0.1, -0.05) is 17.4 Å². The van der Waals surface area contributed by atoms with Gasteiger partial charge in [-0.15, -0.1) is 0 Å². The maximum Gasteiger partial charge on any atom is 0.227 e. The highest BCUT2D eigenvalue weighted by molar-refractivity contribution is 7.22. The molecule has 0 aliphatic heterocycles. The van der Waals surface area contributed by atoms with Crippen molar-refractivity contribution < 1.29 is 4.79 Å². The van der Waals surface area contributed by atoms with Gasteiger partial charge in [-0.05, 0) is 38.5 Å². The molecule has 0 aliphatic rings. The molecule has 0 radical (unpaired) electrons. The van der Waals surface area contributed by atoms with Crippen LogP contribution in [0, 0.1) is 12.3 Å². The number of hydrogen-bond donors (Lipinski definition) is 2. The molecule has 4 nitrogen and oxygen atoms in total. The molecular weight excluding hydrogens is 258 g/mol. The molecule has 0 spiro atoms. The summed E-state index contributed by atoms with van der Waals surface area (Å²) in [6, 6.07) is 6.21. The lowest BCUT2D eigenvalue weighted by molar-refractivity contribution is -0.128. The molecule has 0 saturated carbocycles. The minimum Gasteiger partial charge on any atom is -0.360 e. The topological polar surface area (TPSA) is 54.0 Å². The normalized spacial score (nSPS) is 11.6. The highest BCUT2D eigenvalue weighted by Gasteiger charge is 2.26. The van der Waals surface area contributed by atoms with Crippen molar-refractivity contribution in [2.45, 2.75) is 20.8 Å². The van der Waals surface area contributed by atoms with E-state index < -0.39 is 5.41 Å². The van der Waals surface area contributed by atoms with Crippen LogP contribution in [0.4, 0.5) is 5.13 Å². The zero-order chi connectivity index (χ0) is 14.0. The van der Waals surface area contributed by atoms with Crippen LogP contribution in [0.25, 0.3) is 10.2 Å². The Kier molecular flexibility index (Phi) is 3.75. The molecule has 2 aromatic rings. The third kappa shape index (κ3) is 3.04. The van der Waals surface area contributed by atoms with Crippen molar-refractivity contribution in [1.29, 1.82) is 0 Å². The molecule has 0 saturated heterocycles. The van der Waals surface area contributed by atoms with Gasteiger partial charge in [0.25, 0.3) is 0 Å². The highest BCUT2D eigenvalue weighted by Crippen LogP contribution is 2.27. The van der Waals surface area contributed by atoms with E-state index in [1.165, 1.54) is 10.3 Å². The molecule has 102 valence electrons. The predicted octanol–water partition coefficient (Wildman–Crippen LogP) is 2.79. The molecule has 5 heteroatoms. The predicted molar refractivity (Wildman–Crippen MR) is 80.7 cm³/mol. The van der Waals surface area contributed by atoms with Crippen LogP contribution in [0.3, 0.4) is 0 Å². The number of nitrogens with zero attached hydrogens (tertiary/aromatic N) is 1. The van der Waals surface area contributed by atoms with E-state index in [4.69, 9.17) is 0 Å². The summed E-state index contributed by atoms with van der Waals surface area (Å²) < 4.78 is 1.17. The molecule has 1 heterocycles. The number of hydrogen-bond acceptors (Lipinski definition) is 4. The summed E-state index contributed by atoms with van der Waals surface area (Å²) in [5, 5.41) is 6.79. The molecule has 0 aliphatic carbocycles. The average molecular weight is 277 g/mol. The van der Waals surface area contributed by atoms with E-state index in [-0.39, 0.29) is 5.91 Å². The van der Waals surface area contributed by atoms with Crippen LogP contribution < -0.4 is 10.6 Å². The first-order chi connectivity index (χ1) is 8.92. The molecular formula is C14H19N3OS. The summed E-state index contributed by atoms with van der Waals surface area (Å²) in [7, 11) is 1.66. The molecule has 1 aromatic carbocycles. The van der Waals surface area contributed by atoms with E-state index in [1.807, 2.05) is 19.9 Å². The number of amides is 1. The Labute approximate surface area is 117 Å². The van der Waals surface area contributed by atoms with Crippen LogP contribution in [0.15, 0.2) is 18.2 Å². The van der Waals surface area contributed by atoms with E-state index in [9.17, 15) is 4.79 Å². The molecule has 0 fully saturated rings. The number of aromatic nitrogens is 1. The Morgan fingerprint density at radius 3 is 2.84 bits per heavy atom. The molecule has 1 amide bonds. The Bertz CT molecular complexity index is 604. The van der Waals surface area contributed by atoms with E-state index in [0.717, 1.165) is 10.6 Å². The largest absolute Gasteiger partial charge is 0.360 e. The number of anilines is 1. The first-order valence-electron chi connectivity index (χ1n) is 6.25. The highest BCUT2D eigenvalue weighted by atomic mass is 32.1. The third-order valence-electron chi connectivity index (χ3n) is 3.07. The lowest BCUT2D eigenvalue weighted by Crippen LogP contribution is -2.39. The van der Waals surface area contributed by atoms with Crippen LogP contribution >= 0.6 is 11.3 Å². The van der Waals surface area contributed by atoms with Crippen LogP contribution in [0.2, 0.25) is 0 Å². The second kappa shape index (κ2) is 5.17. The number of aryl methyl sites for hydroxylation is 1. The van der Waals surface area contributed by atoms with Crippen molar-refractivity contribution >= 4 is 32.6 Å². The van der Waals surface area contributed by atoms with Crippen LogP contribution in [0.5, 0.6) is 0 Å². The van der Waals surface area contributed by atoms with E-state index in [2.05, 4.69) is 34.7 Å². The Hall–Kier alpha value is -1.62. The van der Waals surface area contributed by atoms with Gasteiger partial charge < -0.3 is 10.6 Å². The molecule has 2 N–H and O–H groups in total. The molecule has 2 rings (SSSR count). The number of thiazole rings is 1. The fourth-order valence-corrected chi connectivity index (χ4v) is 2.78. The number of nitrogens with one attached hydrogen (secondary N) is 2. The van der Waals surface area contributed by atoms with Gasteiger partial charge in [0.1, 0.15) is 0 Å². The first kappa shape index (κ1) is 13.8. The van der Waals surface area contributed by atoms with Crippen LogP contribution in [-0.2, 0) is 4.79 Å². The van der Waals surface area contributed by atoms with Crippen molar-refractivity contribution in [2.24, 2.45) is 5.41 Å². The summed E-state index contributed by atoms with van der Waals surface area (Å²) in [5.41, 5.74) is 1.77. The Morgan fingerprint density at radius 2 is 2.16 bits per heavy atom. The molecule has 0 bridgehead atoms. The maximum absolute atomic E-state index is 11.7. The van der Waals surface area contributed by atoms with Gasteiger partial charge in [-0.25, -0.2) is 4.98 Å². The maximum atomic E-state index is 11.7. The van der Waals surface area contributed by atoms with Gasteiger partial charge in [-0.3, -0.25) is 4.79 Å². The zero-order valence-corrected chi connectivity index (χ0v) is 12.5. The van der Waals surface area contributed by atoms with Gasteiger partial charge in [0, 0.05) is 13.6 Å². The fraction of sp³-hybridized carbons (Fsp3) is 0.429. The summed E-state index contributed by atoms with van der Waals surface area (Å²) in [5.74, 6) is 0.0250. The SMILES string of the molecule is CNC(=O)C(C)(C)CNc1nc2ccc(C)cc2s1. The lowest BCUT2D eigenvalue weighted by Gasteiger charge is -2.22. The smallest absolute Gasteiger partial charge is 0.227 e. The number of rotatable bonds is 4. The van der Waals surface area contributed by atoms with Crippen molar-refractivity contribution in [1.82, 2.24) is 10.3 Å². The fourth-order valence-electron chi connectivity index (χ4n) is 1.82. The Balaban J connectivity index is 2.12. The first-order valence-corrected chi connectivity index (χ1v) is 7.07. The van der Waals surface area contributed by atoms with Crippen LogP contribution in [0.1, 0.15) is 19.4 Å². The van der Waals surface area contributed by atoms with Crippen LogP contribution in [-0.4, -0.2) is 24.5 Å². The van der Waals surface area contributed by atoms with Crippen molar-refractivity contribution in [3.63, 3.8) is 0 Å². The molecule has 0 unspecified atom stereocenters. The average Bonchev–Trinajstić information content (AvgIpc) is 2.77. The lowest BCUT2D eigenvalue weighted by atomic mass is 9.92. The van der Waals surface area contributed by atoms with Crippen molar-refractivity contribution in [3.8, 4) is 0 Å². The number of carbonyl (C=O) groups is 1. The van der Waals surface area contributed by atoms with Gasteiger partial charge in [0.15, 0.2) is 5.13 Å². The van der Waals surface area contributed by atoms with Gasteiger partial charge in [0.05, 0.1) is 15.6 Å². The summed E-state index contributed by atoms with van der Waals surface area (Å²) in [6.45, 7) is 6.46. The van der Waals surface area contributed by atoms with Gasteiger partial charge in [-0.2, -0.15) is 0 Å². The monoisotopic (exact) mass is 277 g/mol. The van der Waals surface area contributed by atoms with Gasteiger partial charge in [0.2, 0.25) is 5.91 Å². The van der Waals surface area contributed by atoms with E-state index >= 15 is 0 Å². The summed E-state index contributed by atoms with van der Waals surface area (Å²) in [4.78, 5) is 16.2. The van der Waals surface area contributed by atoms with E-state index in [1.54, 1.807) is 18.4 Å². The van der Waals surface area contributed by atoms with Crippen molar-refractivity contribution in [2.75, 3.05) is 18.9 Å². The standard InChI is InChI=1S/C14H19N3OS/c1-9-5-6-10-11(7-9)19-13(17-10)16-8-14(2,3)12(18)15-4/h5-7H,8H2,1-4H3,(H,15,18)(H,16,17). The number of fused-ring (bicyclic) bond motifs is 1. The molecule has 0 atom stereocenters.